The molecule has 0 bridgehead atoms. The zero-order chi connectivity index (χ0) is 17.8. The molecule has 0 radical (unpaired) electrons. The summed E-state index contributed by atoms with van der Waals surface area (Å²) in [7, 11) is 0. The number of aromatic amines is 1. The van der Waals surface area contributed by atoms with E-state index in [-0.39, 0.29) is 23.8 Å². The second kappa shape index (κ2) is 5.54. The van der Waals surface area contributed by atoms with Crippen LogP contribution in [0.1, 0.15) is 58.5 Å². The fourth-order valence-corrected chi connectivity index (χ4v) is 4.70. The van der Waals surface area contributed by atoms with Crippen molar-refractivity contribution in [3.8, 4) is 0 Å². The smallest absolute Gasteiger partial charge is 0.311 e. The lowest BCUT2D eigenvalue weighted by atomic mass is 9.81. The molecule has 132 valence electrons. The maximum Gasteiger partial charge on any atom is 0.311 e. The summed E-state index contributed by atoms with van der Waals surface area (Å²) < 4.78 is 0. The van der Waals surface area contributed by atoms with Crippen LogP contribution >= 0.6 is 0 Å². The van der Waals surface area contributed by atoms with E-state index >= 15 is 0 Å². The van der Waals surface area contributed by atoms with Gasteiger partial charge in [0.25, 0.3) is 11.5 Å². The number of amides is 1. The molecular formula is C18H20N2O5. The molecule has 0 aromatic carbocycles. The minimum atomic E-state index is -0.882. The Kier molecular flexibility index (Phi) is 3.56. The summed E-state index contributed by atoms with van der Waals surface area (Å²) in [5.74, 6) is -1.46. The standard InChI is InChI=1S/C18H20N2O5/c21-14-5-1-4-13-11(14)7-12(15(22)19-13)16(23)20-8-10-3-2-6-18(10,9-20)17(24)25/h7,10H,1-6,8-9H2,(H,19,22)(H,24,25)/t10-,18+/m0/s1. The molecule has 1 amide bonds. The van der Waals surface area contributed by atoms with Gasteiger partial charge in [0.2, 0.25) is 0 Å². The lowest BCUT2D eigenvalue weighted by molar-refractivity contribution is -0.149. The van der Waals surface area contributed by atoms with Crippen LogP contribution in [0.5, 0.6) is 0 Å². The lowest BCUT2D eigenvalue weighted by Gasteiger charge is -2.23. The van der Waals surface area contributed by atoms with Crippen LogP contribution in [-0.4, -0.2) is 45.7 Å². The van der Waals surface area contributed by atoms with Crippen molar-refractivity contribution >= 4 is 17.7 Å². The summed E-state index contributed by atoms with van der Waals surface area (Å²) in [6.07, 6.45) is 3.95. The van der Waals surface area contributed by atoms with E-state index in [1.165, 1.54) is 11.0 Å². The van der Waals surface area contributed by atoms with Gasteiger partial charge in [0.1, 0.15) is 5.56 Å². The first-order valence-corrected chi connectivity index (χ1v) is 8.74. The number of hydrogen-bond donors (Lipinski definition) is 2. The van der Waals surface area contributed by atoms with Gasteiger partial charge in [-0.25, -0.2) is 0 Å². The fourth-order valence-electron chi connectivity index (χ4n) is 4.70. The van der Waals surface area contributed by atoms with Gasteiger partial charge in [-0.1, -0.05) is 6.42 Å². The number of carbonyl (C=O) groups is 3. The molecule has 1 saturated carbocycles. The molecule has 25 heavy (non-hydrogen) atoms. The third kappa shape index (κ3) is 2.33. The van der Waals surface area contributed by atoms with Gasteiger partial charge in [-0.2, -0.15) is 0 Å². The molecule has 2 aliphatic carbocycles. The number of nitrogens with zero attached hydrogens (tertiary/aromatic N) is 1. The summed E-state index contributed by atoms with van der Waals surface area (Å²) in [5, 5.41) is 9.64. The fraction of sp³-hybridized carbons (Fsp3) is 0.556. The SMILES string of the molecule is O=C1CCCc2[nH]c(=O)c(C(=O)N3C[C@@H]4CCC[C@@]4(C(=O)O)C3)cc21. The topological polar surface area (TPSA) is 108 Å². The number of carboxylic acid groups (broad SMARTS) is 1. The summed E-state index contributed by atoms with van der Waals surface area (Å²) in [6, 6.07) is 1.40. The average molecular weight is 344 g/mol. The summed E-state index contributed by atoms with van der Waals surface area (Å²) in [5.41, 5.74) is -0.430. The Balaban J connectivity index is 1.67. The molecule has 1 aliphatic heterocycles. The number of aliphatic carboxylic acids is 1. The zero-order valence-electron chi connectivity index (χ0n) is 13.8. The van der Waals surface area contributed by atoms with E-state index in [4.69, 9.17) is 0 Å². The number of aryl methyl sites for hydroxylation is 1. The minimum absolute atomic E-state index is 0.0606. The summed E-state index contributed by atoms with van der Waals surface area (Å²) >= 11 is 0. The van der Waals surface area contributed by atoms with Crippen molar-refractivity contribution in [1.82, 2.24) is 9.88 Å². The highest BCUT2D eigenvalue weighted by Crippen LogP contribution is 2.49. The van der Waals surface area contributed by atoms with Crippen molar-refractivity contribution in [3.63, 3.8) is 0 Å². The molecule has 2 heterocycles. The number of fused-ring (bicyclic) bond motifs is 2. The second-order valence-electron chi connectivity index (χ2n) is 7.42. The number of pyridine rings is 1. The maximum absolute atomic E-state index is 12.9. The van der Waals surface area contributed by atoms with E-state index in [9.17, 15) is 24.3 Å². The summed E-state index contributed by atoms with van der Waals surface area (Å²) in [4.78, 5) is 53.2. The van der Waals surface area contributed by atoms with Crippen LogP contribution in [0.25, 0.3) is 0 Å². The second-order valence-corrected chi connectivity index (χ2v) is 7.42. The van der Waals surface area contributed by atoms with Crippen molar-refractivity contribution in [2.45, 2.75) is 38.5 Å². The molecule has 3 aliphatic rings. The number of rotatable bonds is 2. The first-order valence-electron chi connectivity index (χ1n) is 8.74. The van der Waals surface area contributed by atoms with E-state index in [0.29, 0.717) is 43.5 Å². The Bertz CT molecular complexity index is 842. The van der Waals surface area contributed by atoms with E-state index in [2.05, 4.69) is 4.98 Å². The van der Waals surface area contributed by atoms with E-state index in [1.807, 2.05) is 0 Å². The van der Waals surface area contributed by atoms with E-state index < -0.39 is 22.9 Å². The largest absolute Gasteiger partial charge is 0.481 e. The van der Waals surface area contributed by atoms with Crippen molar-refractivity contribution in [3.05, 3.63) is 33.2 Å². The number of Topliss-reactive ketones (excluding diaryl/α,β-unsaturated/α-hetero) is 1. The number of hydrogen-bond acceptors (Lipinski definition) is 4. The molecule has 1 saturated heterocycles. The van der Waals surface area contributed by atoms with Gasteiger partial charge < -0.3 is 15.0 Å². The first kappa shape index (κ1) is 16.1. The third-order valence-corrected chi connectivity index (χ3v) is 6.07. The number of nitrogens with one attached hydrogen (secondary N) is 1. The number of aromatic nitrogens is 1. The van der Waals surface area contributed by atoms with Crippen LogP contribution in [-0.2, 0) is 11.2 Å². The van der Waals surface area contributed by atoms with Crippen LogP contribution in [0.3, 0.4) is 0 Å². The molecule has 0 spiro atoms. The van der Waals surface area contributed by atoms with Crippen LogP contribution in [0.4, 0.5) is 0 Å². The van der Waals surface area contributed by atoms with Crippen LogP contribution in [0.15, 0.2) is 10.9 Å². The summed E-state index contributed by atoms with van der Waals surface area (Å²) in [6.45, 7) is 0.492. The minimum Gasteiger partial charge on any atom is -0.481 e. The van der Waals surface area contributed by atoms with Gasteiger partial charge in [0.15, 0.2) is 5.78 Å². The van der Waals surface area contributed by atoms with Crippen molar-refractivity contribution in [2.24, 2.45) is 11.3 Å². The molecule has 7 heteroatoms. The monoisotopic (exact) mass is 344 g/mol. The highest BCUT2D eigenvalue weighted by Gasteiger charge is 2.56. The molecule has 7 nitrogen and oxygen atoms in total. The van der Waals surface area contributed by atoms with Crippen LogP contribution in [0, 0.1) is 11.3 Å². The Morgan fingerprint density at radius 2 is 2.04 bits per heavy atom. The van der Waals surface area contributed by atoms with Crippen molar-refractivity contribution < 1.29 is 19.5 Å². The van der Waals surface area contributed by atoms with Crippen LogP contribution < -0.4 is 5.56 Å². The Hall–Kier alpha value is -2.44. The number of ketones is 1. The first-order chi connectivity index (χ1) is 11.9. The van der Waals surface area contributed by atoms with Crippen LogP contribution in [0.2, 0.25) is 0 Å². The zero-order valence-corrected chi connectivity index (χ0v) is 13.8. The number of carboxylic acids is 1. The molecule has 2 atom stereocenters. The third-order valence-electron chi connectivity index (χ3n) is 6.07. The van der Waals surface area contributed by atoms with E-state index in [1.54, 1.807) is 0 Å². The Labute approximate surface area is 144 Å². The molecule has 1 aromatic rings. The molecule has 2 N–H and O–H groups in total. The van der Waals surface area contributed by atoms with E-state index in [0.717, 1.165) is 12.8 Å². The molecule has 2 fully saturated rings. The van der Waals surface area contributed by atoms with Gasteiger partial charge in [-0.15, -0.1) is 0 Å². The molecule has 0 unspecified atom stereocenters. The van der Waals surface area contributed by atoms with Crippen molar-refractivity contribution in [1.29, 1.82) is 0 Å². The van der Waals surface area contributed by atoms with Gasteiger partial charge in [0, 0.05) is 30.8 Å². The predicted octanol–water partition coefficient (Wildman–Crippen LogP) is 1.22. The quantitative estimate of drug-likeness (QED) is 0.839. The van der Waals surface area contributed by atoms with Gasteiger partial charge in [0.05, 0.1) is 5.41 Å². The lowest BCUT2D eigenvalue weighted by Crippen LogP contribution is -2.39. The number of likely N-dealkylation sites (tertiary alicyclic amines) is 1. The van der Waals surface area contributed by atoms with Gasteiger partial charge >= 0.3 is 5.97 Å². The van der Waals surface area contributed by atoms with Crippen molar-refractivity contribution in [2.75, 3.05) is 13.1 Å². The average Bonchev–Trinajstić information content (AvgIpc) is 3.12. The number of carbonyl (C=O) groups excluding carboxylic acids is 2. The molecule has 1 aromatic heterocycles. The Morgan fingerprint density at radius 3 is 2.76 bits per heavy atom. The highest BCUT2D eigenvalue weighted by atomic mass is 16.4. The van der Waals surface area contributed by atoms with Gasteiger partial charge in [-0.05, 0) is 37.7 Å². The van der Waals surface area contributed by atoms with Gasteiger partial charge in [-0.3, -0.25) is 19.2 Å². The normalized spacial score (nSPS) is 27.9. The molecular weight excluding hydrogens is 324 g/mol. The maximum atomic E-state index is 12.9. The Morgan fingerprint density at radius 1 is 1.24 bits per heavy atom. The molecule has 4 rings (SSSR count). The highest BCUT2D eigenvalue weighted by molar-refractivity contribution is 6.01. The predicted molar refractivity (Wildman–Crippen MR) is 87.6 cm³/mol. The number of H-pyrrole nitrogens is 1.